The van der Waals surface area contributed by atoms with Gasteiger partial charge in [0.05, 0.1) is 25.9 Å². The number of para-hydroxylation sites is 1. The van der Waals surface area contributed by atoms with E-state index in [1.165, 1.54) is 35.2 Å². The first-order chi connectivity index (χ1) is 22.1. The summed E-state index contributed by atoms with van der Waals surface area (Å²) in [5.41, 5.74) is 6.23. The van der Waals surface area contributed by atoms with Crippen molar-refractivity contribution in [3.05, 3.63) is 138 Å². The van der Waals surface area contributed by atoms with Crippen molar-refractivity contribution in [2.45, 2.75) is 70.9 Å². The number of piperidine rings is 2. The summed E-state index contributed by atoms with van der Waals surface area (Å²) in [4.78, 5) is 5.22. The molecule has 5 nitrogen and oxygen atoms in total. The van der Waals surface area contributed by atoms with Crippen molar-refractivity contribution < 1.29 is 14.2 Å². The average Bonchev–Trinajstić information content (AvgIpc) is 3.09. The molecule has 0 aliphatic carbocycles. The summed E-state index contributed by atoms with van der Waals surface area (Å²) >= 11 is 0. The van der Waals surface area contributed by atoms with Gasteiger partial charge in [-0.1, -0.05) is 109 Å². The Bertz CT molecular complexity index is 1430. The largest absolute Gasteiger partial charge is 0.371 e. The number of ether oxygens (including phenoxy) is 3. The lowest BCUT2D eigenvalue weighted by atomic mass is 9.90. The van der Waals surface area contributed by atoms with Crippen molar-refractivity contribution in [1.82, 2.24) is 4.90 Å². The molecule has 0 aromatic heterocycles. The van der Waals surface area contributed by atoms with Gasteiger partial charge in [-0.05, 0) is 60.9 Å². The molecule has 0 saturated carbocycles. The van der Waals surface area contributed by atoms with Crippen molar-refractivity contribution in [3.8, 4) is 0 Å². The fourth-order valence-electron chi connectivity index (χ4n) is 7.01. The molecule has 2 fully saturated rings. The number of benzene rings is 4. The molecule has 5 atom stereocenters. The maximum atomic E-state index is 6.83. The summed E-state index contributed by atoms with van der Waals surface area (Å²) in [6, 6.07) is 40.4. The normalized spacial score (nSPS) is 24.0. The van der Waals surface area contributed by atoms with Crippen LogP contribution in [-0.2, 0) is 34.0 Å². The van der Waals surface area contributed by atoms with Crippen molar-refractivity contribution in [2.75, 3.05) is 31.1 Å². The van der Waals surface area contributed by atoms with Gasteiger partial charge in [0.1, 0.15) is 12.2 Å². The SMILES string of the molecule is Cc1ccccc1N1CCC[C@H](CN2C[C@H](OCc3ccccc3)[C@@H](OCc3ccccc3)[C@H](OCc3ccccc3)[C@H]2C)C1. The smallest absolute Gasteiger partial charge is 0.113 e. The van der Waals surface area contributed by atoms with Crippen LogP contribution in [0.1, 0.15) is 42.0 Å². The number of anilines is 1. The van der Waals surface area contributed by atoms with Crippen LogP contribution in [0.3, 0.4) is 0 Å². The molecule has 2 aliphatic rings. The molecule has 0 radical (unpaired) electrons. The quantitative estimate of drug-likeness (QED) is 0.166. The van der Waals surface area contributed by atoms with Crippen LogP contribution in [0.15, 0.2) is 115 Å². The molecule has 0 N–H and O–H groups in total. The molecule has 2 heterocycles. The Morgan fingerprint density at radius 3 is 1.76 bits per heavy atom. The second kappa shape index (κ2) is 15.7. The summed E-state index contributed by atoms with van der Waals surface area (Å²) in [6.07, 6.45) is 2.00. The molecule has 0 spiro atoms. The van der Waals surface area contributed by atoms with Crippen LogP contribution in [0.4, 0.5) is 5.69 Å². The Morgan fingerprint density at radius 2 is 1.16 bits per heavy atom. The lowest BCUT2D eigenvalue weighted by Gasteiger charge is -2.49. The van der Waals surface area contributed by atoms with Crippen molar-refractivity contribution in [2.24, 2.45) is 5.92 Å². The standard InChI is InChI=1S/C40H48N2O3/c1-31-15-12-13-23-37(31)41-24-14-22-36(25-41)26-42-27-38(43-28-33-16-6-3-7-17-33)40(45-30-35-20-10-5-11-21-35)39(32(42)2)44-29-34-18-8-4-9-19-34/h3-13,15-21,23,32,36,38-40H,14,22,24-30H2,1-2H3/t32-,36+,38+,39-,40-/m1/s1. The minimum Gasteiger partial charge on any atom is -0.371 e. The number of nitrogens with zero attached hydrogens (tertiary/aromatic N) is 2. The van der Waals surface area contributed by atoms with Gasteiger partial charge in [0.15, 0.2) is 0 Å². The minimum atomic E-state index is -0.196. The molecular formula is C40H48N2O3. The Kier molecular flexibility index (Phi) is 11.0. The summed E-state index contributed by atoms with van der Waals surface area (Å²) in [7, 11) is 0. The lowest BCUT2D eigenvalue weighted by Crippen LogP contribution is -2.63. The Hall–Kier alpha value is -3.48. The predicted molar refractivity (Wildman–Crippen MR) is 182 cm³/mol. The minimum absolute atomic E-state index is 0.123. The van der Waals surface area contributed by atoms with Gasteiger partial charge in [-0.25, -0.2) is 0 Å². The molecule has 5 heteroatoms. The second-order valence-electron chi connectivity index (χ2n) is 12.8. The molecular weight excluding hydrogens is 556 g/mol. The Morgan fingerprint density at radius 1 is 0.622 bits per heavy atom. The maximum Gasteiger partial charge on any atom is 0.113 e. The van der Waals surface area contributed by atoms with E-state index in [0.717, 1.165) is 31.7 Å². The van der Waals surface area contributed by atoms with E-state index in [0.29, 0.717) is 25.7 Å². The Labute approximate surface area is 269 Å². The molecule has 6 rings (SSSR count). The number of hydrogen-bond donors (Lipinski definition) is 0. The van der Waals surface area contributed by atoms with Gasteiger partial charge < -0.3 is 19.1 Å². The molecule has 4 aromatic rings. The van der Waals surface area contributed by atoms with Crippen LogP contribution in [0, 0.1) is 12.8 Å². The van der Waals surface area contributed by atoms with E-state index in [9.17, 15) is 0 Å². The van der Waals surface area contributed by atoms with Crippen LogP contribution in [0.25, 0.3) is 0 Å². The van der Waals surface area contributed by atoms with E-state index in [-0.39, 0.29) is 24.4 Å². The van der Waals surface area contributed by atoms with Gasteiger partial charge in [0, 0.05) is 37.9 Å². The topological polar surface area (TPSA) is 34.2 Å². The van der Waals surface area contributed by atoms with E-state index in [1.807, 2.05) is 6.07 Å². The van der Waals surface area contributed by atoms with Crippen molar-refractivity contribution in [1.29, 1.82) is 0 Å². The average molecular weight is 605 g/mol. The first kappa shape index (κ1) is 31.5. The van der Waals surface area contributed by atoms with Gasteiger partial charge in [-0.2, -0.15) is 0 Å². The summed E-state index contributed by atoms with van der Waals surface area (Å²) in [5.74, 6) is 0.576. The number of likely N-dealkylation sites (tertiary alicyclic amines) is 1. The van der Waals surface area contributed by atoms with Crippen molar-refractivity contribution in [3.63, 3.8) is 0 Å². The first-order valence-corrected chi connectivity index (χ1v) is 16.7. The summed E-state index contributed by atoms with van der Waals surface area (Å²) in [6.45, 7) is 10.2. The molecule has 4 aromatic carbocycles. The molecule has 2 aliphatic heterocycles. The number of hydrogen-bond acceptors (Lipinski definition) is 5. The molecule has 236 valence electrons. The predicted octanol–water partition coefficient (Wildman–Crippen LogP) is 7.67. The van der Waals surface area contributed by atoms with E-state index >= 15 is 0 Å². The third-order valence-corrected chi connectivity index (χ3v) is 9.50. The first-order valence-electron chi connectivity index (χ1n) is 16.7. The van der Waals surface area contributed by atoms with Gasteiger partial charge in [0.2, 0.25) is 0 Å². The van der Waals surface area contributed by atoms with E-state index in [4.69, 9.17) is 14.2 Å². The lowest BCUT2D eigenvalue weighted by molar-refractivity contribution is -0.202. The fraction of sp³-hybridized carbons (Fsp3) is 0.400. The highest BCUT2D eigenvalue weighted by Gasteiger charge is 2.44. The molecule has 45 heavy (non-hydrogen) atoms. The monoisotopic (exact) mass is 604 g/mol. The summed E-state index contributed by atoms with van der Waals surface area (Å²) in [5, 5.41) is 0. The molecule has 0 amide bonds. The molecule has 2 saturated heterocycles. The van der Waals surface area contributed by atoms with Crippen LogP contribution in [-0.4, -0.2) is 55.4 Å². The third-order valence-electron chi connectivity index (χ3n) is 9.50. The van der Waals surface area contributed by atoms with E-state index in [1.54, 1.807) is 0 Å². The van der Waals surface area contributed by atoms with Crippen LogP contribution >= 0.6 is 0 Å². The van der Waals surface area contributed by atoms with Crippen LogP contribution in [0.2, 0.25) is 0 Å². The van der Waals surface area contributed by atoms with Gasteiger partial charge >= 0.3 is 0 Å². The summed E-state index contributed by atoms with van der Waals surface area (Å²) < 4.78 is 20.4. The zero-order valence-electron chi connectivity index (χ0n) is 26.8. The van der Waals surface area contributed by atoms with Crippen LogP contribution in [0.5, 0.6) is 0 Å². The number of aryl methyl sites for hydroxylation is 1. The highest BCUT2D eigenvalue weighted by molar-refractivity contribution is 5.53. The number of rotatable bonds is 12. The van der Waals surface area contributed by atoms with Crippen LogP contribution < -0.4 is 4.90 Å². The Balaban J connectivity index is 1.23. The second-order valence-corrected chi connectivity index (χ2v) is 12.8. The highest BCUT2D eigenvalue weighted by atomic mass is 16.6. The fourth-order valence-corrected chi connectivity index (χ4v) is 7.01. The third kappa shape index (κ3) is 8.42. The van der Waals surface area contributed by atoms with E-state index in [2.05, 4.69) is 133 Å². The van der Waals surface area contributed by atoms with E-state index < -0.39 is 0 Å². The van der Waals surface area contributed by atoms with Crippen molar-refractivity contribution >= 4 is 5.69 Å². The van der Waals surface area contributed by atoms with Gasteiger partial charge in [-0.3, -0.25) is 4.90 Å². The highest BCUT2D eigenvalue weighted by Crippen LogP contribution is 2.32. The van der Waals surface area contributed by atoms with Gasteiger partial charge in [-0.15, -0.1) is 0 Å². The molecule has 0 bridgehead atoms. The maximum absolute atomic E-state index is 6.83. The zero-order valence-corrected chi connectivity index (χ0v) is 26.8. The molecule has 0 unspecified atom stereocenters. The van der Waals surface area contributed by atoms with Gasteiger partial charge in [0.25, 0.3) is 0 Å². The zero-order chi connectivity index (χ0) is 30.8.